The minimum atomic E-state index is -1.29. The van der Waals surface area contributed by atoms with Crippen molar-refractivity contribution < 1.29 is 42.7 Å². The summed E-state index contributed by atoms with van der Waals surface area (Å²) in [6.45, 7) is 3.53. The molecule has 1 aliphatic heterocycles. The van der Waals surface area contributed by atoms with Gasteiger partial charge in [-0.1, -0.05) is 51.1 Å². The molecule has 0 aliphatic carbocycles. The molecule has 2 atom stereocenters. The lowest BCUT2D eigenvalue weighted by Crippen LogP contribution is -2.53. The Bertz CT molecular complexity index is 1910. The predicted molar refractivity (Wildman–Crippen MR) is 194 cm³/mol. The molecule has 6 amide bonds. The summed E-state index contributed by atoms with van der Waals surface area (Å²) in [7, 11) is 0. The highest BCUT2D eigenvalue weighted by molar-refractivity contribution is 6.14. The number of imide groups is 1. The van der Waals surface area contributed by atoms with Gasteiger partial charge in [-0.15, -0.1) is 0 Å². The van der Waals surface area contributed by atoms with Crippen molar-refractivity contribution in [2.75, 3.05) is 39.3 Å². The van der Waals surface area contributed by atoms with Gasteiger partial charge in [0.05, 0.1) is 17.8 Å². The number of aliphatic hydroxyl groups excluding tert-OH is 1. The Labute approximate surface area is 316 Å². The molecule has 0 fully saturated rings. The first-order chi connectivity index (χ1) is 26.0. The summed E-state index contributed by atoms with van der Waals surface area (Å²) < 4.78 is 31.0. The maximum Gasteiger partial charge on any atom is 0.254 e. The van der Waals surface area contributed by atoms with Crippen LogP contribution >= 0.6 is 0 Å². The molecule has 4 rings (SSSR count). The summed E-state index contributed by atoms with van der Waals surface area (Å²) in [6.07, 6.45) is 3.52. The van der Waals surface area contributed by atoms with Gasteiger partial charge >= 0.3 is 0 Å². The van der Waals surface area contributed by atoms with Gasteiger partial charge in [-0.3, -0.25) is 38.7 Å². The number of hydrogen-bond donors (Lipinski definition) is 5. The van der Waals surface area contributed by atoms with Crippen molar-refractivity contribution in [1.29, 1.82) is 0 Å². The first-order valence-corrected chi connectivity index (χ1v) is 17.4. The van der Waals surface area contributed by atoms with Crippen LogP contribution in [0.25, 0.3) is 11.3 Å². The Balaban J connectivity index is 1.44. The molecule has 2 heterocycles. The van der Waals surface area contributed by atoms with Crippen LogP contribution in [0.3, 0.4) is 0 Å². The van der Waals surface area contributed by atoms with Crippen LogP contribution in [0.4, 0.5) is 8.78 Å². The molecular weight excluding hydrogens is 720 g/mol. The molecule has 0 bridgehead atoms. The second kappa shape index (κ2) is 18.5. The molecule has 1 aliphatic rings. The van der Waals surface area contributed by atoms with Gasteiger partial charge < -0.3 is 30.9 Å². The molecule has 0 saturated heterocycles. The van der Waals surface area contributed by atoms with Crippen LogP contribution in [0.2, 0.25) is 0 Å². The summed E-state index contributed by atoms with van der Waals surface area (Å²) in [6, 6.07) is 10.1. The average molecular weight is 766 g/mol. The van der Waals surface area contributed by atoms with Crippen molar-refractivity contribution in [1.82, 2.24) is 35.0 Å². The highest BCUT2D eigenvalue weighted by atomic mass is 19.1. The van der Waals surface area contributed by atoms with E-state index in [9.17, 15) is 42.7 Å². The highest BCUT2D eigenvalue weighted by Gasteiger charge is 2.39. The number of nitrogens with zero attached hydrogens (tertiary/aromatic N) is 5. The molecule has 55 heavy (non-hydrogen) atoms. The van der Waals surface area contributed by atoms with Gasteiger partial charge in [0, 0.05) is 50.1 Å². The normalized spacial score (nSPS) is 13.8. The molecular formula is C37H45F2N9O7. The third-order valence-corrected chi connectivity index (χ3v) is 8.61. The number of amides is 6. The fourth-order valence-corrected chi connectivity index (χ4v) is 5.96. The third kappa shape index (κ3) is 11.1. The number of halogens is 2. The predicted octanol–water partition coefficient (Wildman–Crippen LogP) is 0.362. The molecule has 1 aromatic heterocycles. The van der Waals surface area contributed by atoms with Gasteiger partial charge in [0.25, 0.3) is 17.7 Å². The maximum absolute atomic E-state index is 15.0. The van der Waals surface area contributed by atoms with E-state index in [1.807, 2.05) is 51.1 Å². The topological polar surface area (TPSA) is 226 Å². The fourth-order valence-electron chi connectivity index (χ4n) is 5.96. The summed E-state index contributed by atoms with van der Waals surface area (Å²) in [5, 5.41) is 15.6. The third-order valence-electron chi connectivity index (χ3n) is 8.61. The SMILES string of the molecule is CC(C)(C)[C@H](c1nc(-c2cc(F)ccc2F)cn1Cc1ccccc1)N(CC[C@H](N)C(=O)N(N)CC(=O)NCCNC(=O)CN1C(=O)C=CC1=O)C(=O)CO. The van der Waals surface area contributed by atoms with Gasteiger partial charge in [-0.25, -0.2) is 19.6 Å². The van der Waals surface area contributed by atoms with Crippen molar-refractivity contribution in [2.45, 2.75) is 45.8 Å². The fraction of sp³-hybridized carbons (Fsp3) is 0.378. The lowest BCUT2D eigenvalue weighted by atomic mass is 9.84. The highest BCUT2D eigenvalue weighted by Crippen LogP contribution is 2.39. The van der Waals surface area contributed by atoms with Gasteiger partial charge in [-0.2, -0.15) is 0 Å². The summed E-state index contributed by atoms with van der Waals surface area (Å²) >= 11 is 0. The molecule has 16 nitrogen and oxygen atoms in total. The Morgan fingerprint density at radius 2 is 1.60 bits per heavy atom. The molecule has 0 spiro atoms. The van der Waals surface area contributed by atoms with E-state index in [-0.39, 0.29) is 43.9 Å². The van der Waals surface area contributed by atoms with Crippen molar-refractivity contribution in [3.8, 4) is 11.3 Å². The van der Waals surface area contributed by atoms with E-state index in [1.54, 1.807) is 10.8 Å². The molecule has 2 aromatic carbocycles. The van der Waals surface area contributed by atoms with E-state index in [1.165, 1.54) is 4.90 Å². The lowest BCUT2D eigenvalue weighted by molar-refractivity contribution is -0.141. The zero-order chi connectivity index (χ0) is 40.4. The molecule has 0 saturated carbocycles. The van der Waals surface area contributed by atoms with Gasteiger partial charge in [0.15, 0.2) is 0 Å². The quantitative estimate of drug-likeness (QED) is 0.0417. The van der Waals surface area contributed by atoms with Crippen LogP contribution in [0.15, 0.2) is 66.9 Å². The Morgan fingerprint density at radius 3 is 2.22 bits per heavy atom. The summed E-state index contributed by atoms with van der Waals surface area (Å²) in [4.78, 5) is 81.1. The number of carbonyl (C=O) groups excluding carboxylic acids is 6. The molecule has 7 N–H and O–H groups in total. The molecule has 0 unspecified atom stereocenters. The van der Waals surface area contributed by atoms with E-state index in [2.05, 4.69) is 10.6 Å². The van der Waals surface area contributed by atoms with Crippen LogP contribution in [-0.2, 0) is 35.3 Å². The largest absolute Gasteiger partial charge is 0.387 e. The van der Waals surface area contributed by atoms with E-state index in [0.717, 1.165) is 40.8 Å². The van der Waals surface area contributed by atoms with Crippen LogP contribution in [-0.4, -0.2) is 110 Å². The molecule has 18 heteroatoms. The second-order valence-corrected chi connectivity index (χ2v) is 13.9. The van der Waals surface area contributed by atoms with E-state index in [4.69, 9.17) is 16.6 Å². The first kappa shape index (κ1) is 41.9. The Kier molecular flexibility index (Phi) is 14.1. The maximum atomic E-state index is 15.0. The number of nitrogens with one attached hydrogen (secondary N) is 2. The second-order valence-electron chi connectivity index (χ2n) is 13.9. The van der Waals surface area contributed by atoms with Crippen LogP contribution in [0, 0.1) is 17.0 Å². The Hall–Kier alpha value is -5.85. The zero-order valence-corrected chi connectivity index (χ0v) is 30.7. The molecule has 0 radical (unpaired) electrons. The number of imidazole rings is 1. The van der Waals surface area contributed by atoms with Crippen LogP contribution in [0.5, 0.6) is 0 Å². The first-order valence-electron chi connectivity index (χ1n) is 17.4. The number of nitrogens with two attached hydrogens (primary N) is 2. The van der Waals surface area contributed by atoms with Crippen molar-refractivity contribution >= 4 is 35.4 Å². The molecule has 3 aromatic rings. The zero-order valence-electron chi connectivity index (χ0n) is 30.7. The van der Waals surface area contributed by atoms with Crippen LogP contribution in [0.1, 0.15) is 44.6 Å². The Morgan fingerprint density at radius 1 is 0.964 bits per heavy atom. The minimum absolute atomic E-state index is 0.0435. The lowest BCUT2D eigenvalue weighted by Gasteiger charge is -2.40. The summed E-state index contributed by atoms with van der Waals surface area (Å²) in [5.74, 6) is 0.771. The average Bonchev–Trinajstić information content (AvgIpc) is 3.69. The van der Waals surface area contributed by atoms with Crippen molar-refractivity contribution in [2.24, 2.45) is 17.0 Å². The van der Waals surface area contributed by atoms with E-state index >= 15 is 0 Å². The summed E-state index contributed by atoms with van der Waals surface area (Å²) in [5.41, 5.74) is 6.33. The van der Waals surface area contributed by atoms with Gasteiger partial charge in [0.2, 0.25) is 17.7 Å². The van der Waals surface area contributed by atoms with E-state index in [0.29, 0.717) is 10.8 Å². The standard InChI is InChI=1S/C37H45F2N9O7/c1-37(2,3)34(35-44-28(25-17-24(38)9-10-26(25)39)19-45(35)18-23-7-5-4-6-8-23)46(33(54)22-49)16-13-27(40)36(55)48(41)21-30(51)43-15-14-42-29(50)20-47-31(52)11-12-32(47)53/h4-12,17,19,27,34,49H,13-16,18,20-22,40-41H2,1-3H3,(H,42,50)(H,43,51)/t27-,34-/m0/s1. The number of aliphatic hydroxyl groups is 1. The smallest absolute Gasteiger partial charge is 0.254 e. The van der Waals surface area contributed by atoms with Crippen molar-refractivity contribution in [3.05, 3.63) is 89.9 Å². The number of hydrogen-bond acceptors (Lipinski definition) is 10. The number of rotatable bonds is 17. The van der Waals surface area contributed by atoms with Gasteiger partial charge in [0.1, 0.15) is 37.2 Å². The van der Waals surface area contributed by atoms with Gasteiger partial charge in [-0.05, 0) is 35.6 Å². The van der Waals surface area contributed by atoms with E-state index < -0.39 is 84.3 Å². The molecule has 294 valence electrons. The number of benzene rings is 2. The van der Waals surface area contributed by atoms with Crippen LogP contribution < -0.4 is 22.2 Å². The minimum Gasteiger partial charge on any atom is -0.387 e. The number of hydrazine groups is 1. The number of carbonyl (C=O) groups is 6. The van der Waals surface area contributed by atoms with Crippen molar-refractivity contribution in [3.63, 3.8) is 0 Å². The number of aromatic nitrogens is 2. The monoisotopic (exact) mass is 765 g/mol.